The highest BCUT2D eigenvalue weighted by Crippen LogP contribution is 2.20. The highest BCUT2D eigenvalue weighted by molar-refractivity contribution is 9.12. The van der Waals surface area contributed by atoms with Crippen molar-refractivity contribution in [3.8, 4) is 0 Å². The van der Waals surface area contributed by atoms with Gasteiger partial charge in [-0.05, 0) is 29.3 Å². The molecule has 0 saturated heterocycles. The molecular weight excluding hydrogens is 246 g/mol. The summed E-state index contributed by atoms with van der Waals surface area (Å²) in [7, 11) is 0. The molecule has 3 heteroatoms. The van der Waals surface area contributed by atoms with Gasteiger partial charge in [0.15, 0.2) is 0 Å². The molecule has 0 aromatic carbocycles. The molecule has 1 aliphatic rings. The predicted molar refractivity (Wildman–Crippen MR) is 47.5 cm³/mol. The fraction of sp³-hybridized carbons (Fsp3) is 0.500. The van der Waals surface area contributed by atoms with E-state index < -0.39 is 0 Å². The molecule has 0 bridgehead atoms. The Morgan fingerprint density at radius 2 is 2.44 bits per heavy atom. The van der Waals surface area contributed by atoms with Crippen LogP contribution in [0.5, 0.6) is 0 Å². The number of dihydropyridines is 1. The Bertz CT molecular complexity index is 172. The Balaban J connectivity index is 2.75. The van der Waals surface area contributed by atoms with E-state index >= 15 is 0 Å². The molecule has 0 fully saturated rings. The monoisotopic (exact) mass is 251 g/mol. The van der Waals surface area contributed by atoms with Gasteiger partial charge in [0.05, 0.1) is 0 Å². The Morgan fingerprint density at radius 1 is 1.78 bits per heavy atom. The van der Waals surface area contributed by atoms with Crippen LogP contribution >= 0.6 is 31.9 Å². The van der Waals surface area contributed by atoms with E-state index in [1.165, 1.54) is 0 Å². The van der Waals surface area contributed by atoms with E-state index in [9.17, 15) is 0 Å². The third-order valence-electron chi connectivity index (χ3n) is 1.17. The van der Waals surface area contributed by atoms with Gasteiger partial charge in [0.1, 0.15) is 4.95 Å². The molecule has 0 aromatic rings. The van der Waals surface area contributed by atoms with Crippen LogP contribution in [0.25, 0.3) is 0 Å². The first-order valence-corrected chi connectivity index (χ1v) is 4.45. The van der Waals surface area contributed by atoms with E-state index in [0.29, 0.717) is 4.95 Å². The van der Waals surface area contributed by atoms with Gasteiger partial charge >= 0.3 is 0 Å². The summed E-state index contributed by atoms with van der Waals surface area (Å²) >= 11 is 6.79. The third-order valence-corrected chi connectivity index (χ3v) is 2.65. The number of nitrogens with zero attached hydrogens (tertiary/aromatic N) is 1. The predicted octanol–water partition coefficient (Wildman–Crippen LogP) is 2.85. The van der Waals surface area contributed by atoms with Crippen molar-refractivity contribution in [2.45, 2.75) is 18.3 Å². The summed E-state index contributed by atoms with van der Waals surface area (Å²) in [6.45, 7) is 1.99. The second kappa shape index (κ2) is 2.97. The molecular formula is C6H7Br2N. The molecule has 1 rings (SSSR count). The average molecular weight is 253 g/mol. The molecule has 1 aliphatic heterocycles. The summed E-state index contributed by atoms with van der Waals surface area (Å²) in [5, 5.41) is 0. The summed E-state index contributed by atoms with van der Waals surface area (Å²) in [5.74, 6) is 0. The first kappa shape index (κ1) is 7.48. The smallest absolute Gasteiger partial charge is 0.108 e. The van der Waals surface area contributed by atoms with Crippen LogP contribution in [0, 0.1) is 0 Å². The standard InChI is InChI=1S/C6H7Br2N/c1-4-5(7)2-3-6(8)9-4/h2,6H,3H2,1H3. The summed E-state index contributed by atoms with van der Waals surface area (Å²) in [6.07, 6.45) is 3.11. The molecule has 0 aromatic heterocycles. The minimum absolute atomic E-state index is 0.291. The maximum atomic E-state index is 4.28. The molecule has 0 radical (unpaired) electrons. The van der Waals surface area contributed by atoms with Crippen molar-refractivity contribution in [2.75, 3.05) is 0 Å². The van der Waals surface area contributed by atoms with Crippen LogP contribution in [0.1, 0.15) is 13.3 Å². The number of halogens is 2. The van der Waals surface area contributed by atoms with E-state index in [2.05, 4.69) is 42.9 Å². The van der Waals surface area contributed by atoms with Gasteiger partial charge in [0.25, 0.3) is 0 Å². The summed E-state index contributed by atoms with van der Waals surface area (Å²) in [5.41, 5.74) is 1.07. The zero-order chi connectivity index (χ0) is 6.85. The van der Waals surface area contributed by atoms with Crippen LogP contribution in [0.4, 0.5) is 0 Å². The van der Waals surface area contributed by atoms with Crippen molar-refractivity contribution in [3.63, 3.8) is 0 Å². The number of allylic oxidation sites excluding steroid dienone is 1. The van der Waals surface area contributed by atoms with E-state index in [1.54, 1.807) is 0 Å². The highest BCUT2D eigenvalue weighted by Gasteiger charge is 2.07. The number of aliphatic imine (C=N–C) groups is 1. The maximum Gasteiger partial charge on any atom is 0.108 e. The number of alkyl halides is 1. The average Bonchev–Trinajstić information content (AvgIpc) is 1.80. The second-order valence-electron chi connectivity index (χ2n) is 1.94. The van der Waals surface area contributed by atoms with Crippen LogP contribution in [0.15, 0.2) is 15.6 Å². The lowest BCUT2D eigenvalue weighted by Crippen LogP contribution is -2.04. The molecule has 1 unspecified atom stereocenters. The van der Waals surface area contributed by atoms with Gasteiger partial charge in [-0.1, -0.05) is 22.0 Å². The number of hydrogen-bond donors (Lipinski definition) is 0. The molecule has 0 N–H and O–H groups in total. The molecule has 50 valence electrons. The van der Waals surface area contributed by atoms with Gasteiger partial charge in [-0.15, -0.1) is 0 Å². The van der Waals surface area contributed by atoms with Crippen LogP contribution in [-0.2, 0) is 0 Å². The molecule has 0 aliphatic carbocycles. The highest BCUT2D eigenvalue weighted by atomic mass is 79.9. The largest absolute Gasteiger partial charge is 0.274 e. The molecule has 1 nitrogen and oxygen atoms in total. The Morgan fingerprint density at radius 3 is 2.89 bits per heavy atom. The lowest BCUT2D eigenvalue weighted by atomic mass is 10.2. The normalized spacial score (nSPS) is 27.2. The molecule has 1 heterocycles. The van der Waals surface area contributed by atoms with E-state index in [4.69, 9.17) is 0 Å². The minimum atomic E-state index is 0.291. The van der Waals surface area contributed by atoms with Gasteiger partial charge in [0, 0.05) is 10.2 Å². The Hall–Kier alpha value is 0.370. The topological polar surface area (TPSA) is 12.4 Å². The molecule has 9 heavy (non-hydrogen) atoms. The van der Waals surface area contributed by atoms with Crippen molar-refractivity contribution >= 4 is 37.6 Å². The van der Waals surface area contributed by atoms with Gasteiger partial charge in [-0.3, -0.25) is 4.99 Å². The first-order chi connectivity index (χ1) is 4.20. The van der Waals surface area contributed by atoms with Crippen molar-refractivity contribution in [2.24, 2.45) is 4.99 Å². The Labute approximate surface area is 71.5 Å². The van der Waals surface area contributed by atoms with Crippen molar-refractivity contribution in [1.82, 2.24) is 0 Å². The number of hydrogen-bond acceptors (Lipinski definition) is 1. The second-order valence-corrected chi connectivity index (χ2v) is 3.85. The summed E-state index contributed by atoms with van der Waals surface area (Å²) < 4.78 is 1.12. The van der Waals surface area contributed by atoms with Gasteiger partial charge in [0.2, 0.25) is 0 Å². The Kier molecular flexibility index (Phi) is 2.47. The van der Waals surface area contributed by atoms with E-state index in [-0.39, 0.29) is 0 Å². The molecule has 0 saturated carbocycles. The van der Waals surface area contributed by atoms with Crippen molar-refractivity contribution in [3.05, 3.63) is 10.6 Å². The number of rotatable bonds is 0. The van der Waals surface area contributed by atoms with Gasteiger partial charge in [-0.2, -0.15) is 0 Å². The van der Waals surface area contributed by atoms with Crippen LogP contribution in [-0.4, -0.2) is 10.7 Å². The zero-order valence-corrected chi connectivity index (χ0v) is 8.24. The lowest BCUT2D eigenvalue weighted by Gasteiger charge is -2.09. The van der Waals surface area contributed by atoms with Gasteiger partial charge < -0.3 is 0 Å². The minimum Gasteiger partial charge on any atom is -0.274 e. The van der Waals surface area contributed by atoms with Gasteiger partial charge in [-0.25, -0.2) is 0 Å². The van der Waals surface area contributed by atoms with Crippen molar-refractivity contribution in [1.29, 1.82) is 0 Å². The van der Waals surface area contributed by atoms with E-state index in [0.717, 1.165) is 16.6 Å². The zero-order valence-electron chi connectivity index (χ0n) is 5.06. The SMILES string of the molecule is CC1=NC(Br)CC=C1Br. The van der Waals surface area contributed by atoms with E-state index in [1.807, 2.05) is 6.92 Å². The quantitative estimate of drug-likeness (QED) is 0.465. The molecule has 1 atom stereocenters. The molecule has 0 spiro atoms. The first-order valence-electron chi connectivity index (χ1n) is 2.74. The maximum absolute atomic E-state index is 4.28. The van der Waals surface area contributed by atoms with Crippen LogP contribution in [0.2, 0.25) is 0 Å². The third kappa shape index (κ3) is 1.90. The van der Waals surface area contributed by atoms with Crippen molar-refractivity contribution < 1.29 is 0 Å². The summed E-state index contributed by atoms with van der Waals surface area (Å²) in [6, 6.07) is 0. The fourth-order valence-electron chi connectivity index (χ4n) is 0.673. The van der Waals surface area contributed by atoms with Crippen LogP contribution in [0.3, 0.4) is 0 Å². The molecule has 0 amide bonds. The lowest BCUT2D eigenvalue weighted by molar-refractivity contribution is 0.937. The van der Waals surface area contributed by atoms with Crippen LogP contribution < -0.4 is 0 Å². The summed E-state index contributed by atoms with van der Waals surface area (Å²) in [4.78, 5) is 4.57. The fourth-order valence-corrected chi connectivity index (χ4v) is 1.46.